The minimum atomic E-state index is -4.32. The van der Waals surface area contributed by atoms with Gasteiger partial charge in [-0.15, -0.1) is 0 Å². The molecule has 1 unspecified atom stereocenters. The highest BCUT2D eigenvalue weighted by Crippen LogP contribution is 2.29. The van der Waals surface area contributed by atoms with Gasteiger partial charge in [0.05, 0.1) is 5.56 Å². The first-order chi connectivity index (χ1) is 9.95. The fraction of sp³-hybridized carbons (Fsp3) is 0.533. The van der Waals surface area contributed by atoms with E-state index >= 15 is 0 Å². The summed E-state index contributed by atoms with van der Waals surface area (Å²) in [4.78, 5) is 11.7. The van der Waals surface area contributed by atoms with Crippen molar-refractivity contribution in [3.63, 3.8) is 0 Å². The van der Waals surface area contributed by atoms with E-state index in [0.29, 0.717) is 17.9 Å². The van der Waals surface area contributed by atoms with Crippen LogP contribution in [0.2, 0.25) is 0 Å². The highest BCUT2D eigenvalue weighted by molar-refractivity contribution is 5.75. The van der Waals surface area contributed by atoms with Crippen LogP contribution in [0.25, 0.3) is 0 Å². The van der Waals surface area contributed by atoms with Crippen LogP contribution in [0.5, 0.6) is 0 Å². The van der Waals surface area contributed by atoms with E-state index in [0.717, 1.165) is 38.1 Å². The molecule has 2 N–H and O–H groups in total. The van der Waals surface area contributed by atoms with Gasteiger partial charge in [0.15, 0.2) is 0 Å². The van der Waals surface area contributed by atoms with Crippen LogP contribution >= 0.6 is 0 Å². The molecule has 0 aliphatic carbocycles. The predicted octanol–water partition coefficient (Wildman–Crippen LogP) is 2.71. The van der Waals surface area contributed by atoms with Crippen molar-refractivity contribution < 1.29 is 18.0 Å². The Hall–Kier alpha value is -1.56. The van der Waals surface area contributed by atoms with Gasteiger partial charge in [-0.3, -0.25) is 4.79 Å². The topological polar surface area (TPSA) is 41.1 Å². The van der Waals surface area contributed by atoms with E-state index in [4.69, 9.17) is 0 Å². The van der Waals surface area contributed by atoms with Gasteiger partial charge in [-0.2, -0.15) is 13.2 Å². The van der Waals surface area contributed by atoms with Gasteiger partial charge in [0.25, 0.3) is 0 Å². The Balaban J connectivity index is 1.73. The number of rotatable bonds is 5. The molecule has 1 amide bonds. The number of benzene rings is 1. The van der Waals surface area contributed by atoms with Crippen LogP contribution in [0.3, 0.4) is 0 Å². The Morgan fingerprint density at radius 3 is 2.57 bits per heavy atom. The average Bonchev–Trinajstić information content (AvgIpc) is 2.95. The molecule has 1 saturated heterocycles. The minimum Gasteiger partial charge on any atom is -0.352 e. The Morgan fingerprint density at radius 2 is 2.00 bits per heavy atom. The Labute approximate surface area is 121 Å². The van der Waals surface area contributed by atoms with Crippen LogP contribution in [-0.2, 0) is 17.5 Å². The lowest BCUT2D eigenvalue weighted by Crippen LogP contribution is -2.23. The zero-order valence-corrected chi connectivity index (χ0v) is 11.7. The molecule has 0 saturated carbocycles. The third kappa shape index (κ3) is 5.04. The van der Waals surface area contributed by atoms with E-state index in [1.54, 1.807) is 0 Å². The summed E-state index contributed by atoms with van der Waals surface area (Å²) in [5, 5.41) is 5.99. The van der Waals surface area contributed by atoms with E-state index in [1.807, 2.05) is 0 Å². The summed E-state index contributed by atoms with van der Waals surface area (Å²) in [6.45, 7) is 2.24. The number of alkyl halides is 3. The zero-order valence-electron chi connectivity index (χ0n) is 11.7. The molecule has 21 heavy (non-hydrogen) atoms. The molecule has 1 aromatic carbocycles. The summed E-state index contributed by atoms with van der Waals surface area (Å²) in [5.41, 5.74) is -0.00908. The SMILES string of the molecule is O=C(CCC1CCNC1)NCc1ccc(C(F)(F)F)cc1. The Bertz CT molecular complexity index is 465. The number of carbonyl (C=O) groups excluding carboxylic acids is 1. The lowest BCUT2D eigenvalue weighted by Gasteiger charge is -2.10. The summed E-state index contributed by atoms with van der Waals surface area (Å²) >= 11 is 0. The molecule has 1 heterocycles. The van der Waals surface area contributed by atoms with Crippen molar-refractivity contribution in [2.75, 3.05) is 13.1 Å². The first-order valence-electron chi connectivity index (χ1n) is 7.08. The summed E-state index contributed by atoms with van der Waals surface area (Å²) < 4.78 is 37.2. The second kappa shape index (κ2) is 6.93. The summed E-state index contributed by atoms with van der Waals surface area (Å²) in [7, 11) is 0. The number of nitrogens with one attached hydrogen (secondary N) is 2. The van der Waals surface area contributed by atoms with Crippen molar-refractivity contribution >= 4 is 5.91 Å². The molecular weight excluding hydrogens is 281 g/mol. The largest absolute Gasteiger partial charge is 0.416 e. The fourth-order valence-electron chi connectivity index (χ4n) is 2.40. The number of carbonyl (C=O) groups is 1. The lowest BCUT2D eigenvalue weighted by atomic mass is 10.0. The number of amides is 1. The number of hydrogen-bond acceptors (Lipinski definition) is 2. The molecule has 1 fully saturated rings. The molecule has 1 atom stereocenters. The minimum absolute atomic E-state index is 0.0539. The van der Waals surface area contributed by atoms with Crippen LogP contribution in [0.4, 0.5) is 13.2 Å². The van der Waals surface area contributed by atoms with Gasteiger partial charge in [0.2, 0.25) is 5.91 Å². The molecule has 1 aromatic rings. The highest BCUT2D eigenvalue weighted by atomic mass is 19.4. The van der Waals surface area contributed by atoms with E-state index in [1.165, 1.54) is 12.1 Å². The summed E-state index contributed by atoms with van der Waals surface area (Å²) in [5.74, 6) is 0.503. The molecule has 0 spiro atoms. The molecular formula is C15H19F3N2O. The quantitative estimate of drug-likeness (QED) is 0.878. The standard InChI is InChI=1S/C15H19F3N2O/c16-15(17,18)13-4-1-11(2-5-13)10-20-14(21)6-3-12-7-8-19-9-12/h1-2,4-5,12,19H,3,6-10H2,(H,20,21). The van der Waals surface area contributed by atoms with Crippen molar-refractivity contribution in [2.45, 2.75) is 32.0 Å². The lowest BCUT2D eigenvalue weighted by molar-refractivity contribution is -0.137. The van der Waals surface area contributed by atoms with Crippen molar-refractivity contribution in [2.24, 2.45) is 5.92 Å². The monoisotopic (exact) mass is 300 g/mol. The van der Waals surface area contributed by atoms with Gasteiger partial charge in [0.1, 0.15) is 0 Å². The first kappa shape index (κ1) is 15.8. The van der Waals surface area contributed by atoms with Crippen LogP contribution in [-0.4, -0.2) is 19.0 Å². The first-order valence-corrected chi connectivity index (χ1v) is 7.08. The molecule has 0 radical (unpaired) electrons. The molecule has 0 bridgehead atoms. The Morgan fingerprint density at radius 1 is 1.29 bits per heavy atom. The molecule has 2 rings (SSSR count). The van der Waals surface area contributed by atoms with Crippen LogP contribution in [0.15, 0.2) is 24.3 Å². The maximum atomic E-state index is 12.4. The molecule has 1 aliphatic rings. The number of halogens is 3. The third-order valence-corrected chi connectivity index (χ3v) is 3.71. The second-order valence-corrected chi connectivity index (χ2v) is 5.37. The van der Waals surface area contributed by atoms with Crippen molar-refractivity contribution in [3.8, 4) is 0 Å². The summed E-state index contributed by atoms with van der Waals surface area (Å²) in [6.07, 6.45) is -1.90. The maximum Gasteiger partial charge on any atom is 0.416 e. The van der Waals surface area contributed by atoms with Crippen molar-refractivity contribution in [1.29, 1.82) is 0 Å². The van der Waals surface area contributed by atoms with Gasteiger partial charge in [-0.05, 0) is 49.5 Å². The van der Waals surface area contributed by atoms with Crippen molar-refractivity contribution in [1.82, 2.24) is 10.6 Å². The van der Waals surface area contributed by atoms with Gasteiger partial charge in [-0.25, -0.2) is 0 Å². The third-order valence-electron chi connectivity index (χ3n) is 3.71. The molecule has 3 nitrogen and oxygen atoms in total. The average molecular weight is 300 g/mol. The highest BCUT2D eigenvalue weighted by Gasteiger charge is 2.29. The van der Waals surface area contributed by atoms with Gasteiger partial charge in [0, 0.05) is 13.0 Å². The van der Waals surface area contributed by atoms with E-state index < -0.39 is 11.7 Å². The fourth-order valence-corrected chi connectivity index (χ4v) is 2.40. The number of hydrogen-bond donors (Lipinski definition) is 2. The van der Waals surface area contributed by atoms with Gasteiger partial charge in [-0.1, -0.05) is 12.1 Å². The molecule has 0 aromatic heterocycles. The van der Waals surface area contributed by atoms with Crippen LogP contribution < -0.4 is 10.6 Å². The van der Waals surface area contributed by atoms with Gasteiger partial charge < -0.3 is 10.6 Å². The zero-order chi connectivity index (χ0) is 15.3. The van der Waals surface area contributed by atoms with E-state index in [-0.39, 0.29) is 12.5 Å². The van der Waals surface area contributed by atoms with Crippen LogP contribution in [0, 0.1) is 5.92 Å². The summed E-state index contributed by atoms with van der Waals surface area (Å²) in [6, 6.07) is 4.85. The Kier molecular flexibility index (Phi) is 5.22. The second-order valence-electron chi connectivity index (χ2n) is 5.37. The normalized spacial score (nSPS) is 18.7. The maximum absolute atomic E-state index is 12.4. The smallest absolute Gasteiger partial charge is 0.352 e. The van der Waals surface area contributed by atoms with Crippen LogP contribution in [0.1, 0.15) is 30.4 Å². The molecule has 6 heteroatoms. The van der Waals surface area contributed by atoms with E-state index in [9.17, 15) is 18.0 Å². The molecule has 116 valence electrons. The van der Waals surface area contributed by atoms with Gasteiger partial charge >= 0.3 is 6.18 Å². The van der Waals surface area contributed by atoms with E-state index in [2.05, 4.69) is 10.6 Å². The van der Waals surface area contributed by atoms with Crippen molar-refractivity contribution in [3.05, 3.63) is 35.4 Å². The predicted molar refractivity (Wildman–Crippen MR) is 73.5 cm³/mol. The molecule has 1 aliphatic heterocycles.